The van der Waals surface area contributed by atoms with Crippen LogP contribution in [0.5, 0.6) is 0 Å². The van der Waals surface area contributed by atoms with Crippen LogP contribution in [0.3, 0.4) is 0 Å². The van der Waals surface area contributed by atoms with Gasteiger partial charge in [-0.15, -0.1) is 0 Å². The van der Waals surface area contributed by atoms with Crippen LogP contribution in [-0.4, -0.2) is 23.8 Å². The van der Waals surface area contributed by atoms with Gasteiger partial charge in [-0.05, 0) is 18.9 Å². The molecule has 0 aliphatic rings. The highest BCUT2D eigenvalue weighted by atomic mass is 16.5. The van der Waals surface area contributed by atoms with E-state index in [1.807, 2.05) is 31.2 Å². The highest BCUT2D eigenvalue weighted by Gasteiger charge is 2.15. The minimum atomic E-state index is -0.00452. The van der Waals surface area contributed by atoms with Crippen molar-refractivity contribution in [2.24, 2.45) is 13.0 Å². The summed E-state index contributed by atoms with van der Waals surface area (Å²) in [5.74, 6) is 0.416. The van der Waals surface area contributed by atoms with Crippen molar-refractivity contribution in [3.63, 3.8) is 0 Å². The first-order valence-corrected chi connectivity index (χ1v) is 7.47. The Labute approximate surface area is 125 Å². The Hall–Kier alpha value is -1.81. The molecule has 0 bridgehead atoms. The third-order valence-electron chi connectivity index (χ3n) is 3.80. The number of nitrogens with one attached hydrogen (secondary N) is 1. The molecule has 4 heteroatoms. The predicted octanol–water partition coefficient (Wildman–Crippen LogP) is 3.01. The van der Waals surface area contributed by atoms with Crippen molar-refractivity contribution in [1.82, 2.24) is 4.57 Å². The normalized spacial score (nSPS) is 12.8. The van der Waals surface area contributed by atoms with Gasteiger partial charge in [0.25, 0.3) is 5.56 Å². The zero-order valence-corrected chi connectivity index (χ0v) is 13.2. The molecule has 1 N–H and O–H groups in total. The minimum absolute atomic E-state index is 0.00452. The second-order valence-corrected chi connectivity index (χ2v) is 5.63. The number of rotatable bonds is 6. The van der Waals surface area contributed by atoms with Gasteiger partial charge in [-0.3, -0.25) is 4.79 Å². The molecule has 0 radical (unpaired) electrons. The maximum absolute atomic E-state index is 12.1. The fraction of sp³-hybridized carbons (Fsp3) is 0.471. The standard InChI is InChI=1S/C17H24N2O2/c1-5-21-11-15(12(2)3)18-14-10-17(20)19(4)16-9-7-6-8-13(14)16/h6-10,12,15,18H,5,11H2,1-4H3. The molecule has 0 amide bonds. The van der Waals surface area contributed by atoms with Gasteiger partial charge < -0.3 is 14.6 Å². The average molecular weight is 288 g/mol. The highest BCUT2D eigenvalue weighted by Crippen LogP contribution is 2.22. The number of aryl methyl sites for hydroxylation is 1. The summed E-state index contributed by atoms with van der Waals surface area (Å²) in [4.78, 5) is 12.1. The van der Waals surface area contributed by atoms with E-state index in [4.69, 9.17) is 4.74 Å². The van der Waals surface area contributed by atoms with Crippen molar-refractivity contribution in [2.75, 3.05) is 18.5 Å². The van der Waals surface area contributed by atoms with E-state index < -0.39 is 0 Å². The average Bonchev–Trinajstić information content (AvgIpc) is 2.48. The Balaban J connectivity index is 2.41. The maximum atomic E-state index is 12.1. The summed E-state index contributed by atoms with van der Waals surface area (Å²) in [6.45, 7) is 7.63. The number of hydrogen-bond acceptors (Lipinski definition) is 3. The van der Waals surface area contributed by atoms with Gasteiger partial charge in [0, 0.05) is 30.8 Å². The fourth-order valence-corrected chi connectivity index (χ4v) is 2.38. The monoisotopic (exact) mass is 288 g/mol. The molecular weight excluding hydrogens is 264 g/mol. The van der Waals surface area contributed by atoms with Crippen LogP contribution in [0.15, 0.2) is 35.1 Å². The largest absolute Gasteiger partial charge is 0.380 e. The van der Waals surface area contributed by atoms with Crippen LogP contribution < -0.4 is 10.9 Å². The molecule has 1 atom stereocenters. The van der Waals surface area contributed by atoms with E-state index >= 15 is 0 Å². The lowest BCUT2D eigenvalue weighted by Gasteiger charge is -2.24. The lowest BCUT2D eigenvalue weighted by atomic mass is 10.0. The summed E-state index contributed by atoms with van der Waals surface area (Å²) in [6, 6.07) is 9.80. The van der Waals surface area contributed by atoms with Crippen molar-refractivity contribution >= 4 is 16.6 Å². The molecule has 0 spiro atoms. The number of ether oxygens (including phenoxy) is 1. The third-order valence-corrected chi connectivity index (χ3v) is 3.80. The van der Waals surface area contributed by atoms with Crippen molar-refractivity contribution < 1.29 is 4.74 Å². The van der Waals surface area contributed by atoms with E-state index in [1.165, 1.54) is 0 Å². The second-order valence-electron chi connectivity index (χ2n) is 5.63. The van der Waals surface area contributed by atoms with E-state index in [0.717, 1.165) is 16.6 Å². The van der Waals surface area contributed by atoms with Gasteiger partial charge in [0.1, 0.15) is 0 Å². The molecular formula is C17H24N2O2. The molecule has 4 nitrogen and oxygen atoms in total. The van der Waals surface area contributed by atoms with Gasteiger partial charge in [-0.25, -0.2) is 0 Å². The van der Waals surface area contributed by atoms with Crippen LogP contribution in [0, 0.1) is 5.92 Å². The van der Waals surface area contributed by atoms with E-state index in [-0.39, 0.29) is 11.6 Å². The van der Waals surface area contributed by atoms with Gasteiger partial charge in [-0.2, -0.15) is 0 Å². The molecule has 2 rings (SSSR count). The Kier molecular flexibility index (Phi) is 5.02. The zero-order chi connectivity index (χ0) is 15.4. The number of hydrogen-bond donors (Lipinski definition) is 1. The summed E-state index contributed by atoms with van der Waals surface area (Å²) in [5.41, 5.74) is 1.81. The van der Waals surface area contributed by atoms with Crippen LogP contribution in [0.25, 0.3) is 10.9 Å². The molecule has 1 aromatic carbocycles. The molecule has 0 fully saturated rings. The SMILES string of the molecule is CCOCC(Nc1cc(=O)n(C)c2ccccc12)C(C)C. The molecule has 0 aliphatic carbocycles. The fourth-order valence-electron chi connectivity index (χ4n) is 2.38. The lowest BCUT2D eigenvalue weighted by Crippen LogP contribution is -2.32. The number of aromatic nitrogens is 1. The van der Waals surface area contributed by atoms with Crippen LogP contribution in [0.2, 0.25) is 0 Å². The molecule has 114 valence electrons. The maximum Gasteiger partial charge on any atom is 0.252 e. The van der Waals surface area contributed by atoms with Gasteiger partial charge in [-0.1, -0.05) is 32.0 Å². The molecule has 1 unspecified atom stereocenters. The van der Waals surface area contributed by atoms with Crippen LogP contribution >= 0.6 is 0 Å². The van der Waals surface area contributed by atoms with Crippen molar-refractivity contribution in [1.29, 1.82) is 0 Å². The van der Waals surface area contributed by atoms with E-state index in [2.05, 4.69) is 19.2 Å². The number of para-hydroxylation sites is 1. The van der Waals surface area contributed by atoms with Gasteiger partial charge in [0.05, 0.1) is 18.2 Å². The number of pyridine rings is 1. The number of anilines is 1. The number of nitrogens with zero attached hydrogens (tertiary/aromatic N) is 1. The number of fused-ring (bicyclic) bond motifs is 1. The summed E-state index contributed by atoms with van der Waals surface area (Å²) in [5, 5.41) is 4.54. The van der Waals surface area contributed by atoms with Gasteiger partial charge in [0.2, 0.25) is 0 Å². The zero-order valence-electron chi connectivity index (χ0n) is 13.2. The molecule has 2 aromatic rings. The van der Waals surface area contributed by atoms with Crippen molar-refractivity contribution in [3.8, 4) is 0 Å². The first-order chi connectivity index (χ1) is 10.0. The molecule has 21 heavy (non-hydrogen) atoms. The van der Waals surface area contributed by atoms with Crippen LogP contribution in [0.1, 0.15) is 20.8 Å². The molecule has 1 heterocycles. The second kappa shape index (κ2) is 6.76. The summed E-state index contributed by atoms with van der Waals surface area (Å²) < 4.78 is 7.22. The molecule has 1 aromatic heterocycles. The molecule has 0 saturated carbocycles. The van der Waals surface area contributed by atoms with E-state index in [0.29, 0.717) is 19.1 Å². The van der Waals surface area contributed by atoms with E-state index in [1.54, 1.807) is 17.7 Å². The Morgan fingerprint density at radius 3 is 2.67 bits per heavy atom. The Morgan fingerprint density at radius 1 is 1.29 bits per heavy atom. The first-order valence-electron chi connectivity index (χ1n) is 7.47. The first kappa shape index (κ1) is 15.6. The Bertz CT molecular complexity index is 661. The third kappa shape index (κ3) is 3.45. The van der Waals surface area contributed by atoms with Gasteiger partial charge >= 0.3 is 0 Å². The Morgan fingerprint density at radius 2 is 2.00 bits per heavy atom. The van der Waals surface area contributed by atoms with Crippen molar-refractivity contribution in [2.45, 2.75) is 26.8 Å². The minimum Gasteiger partial charge on any atom is -0.380 e. The molecule has 0 saturated heterocycles. The predicted molar refractivity (Wildman–Crippen MR) is 87.9 cm³/mol. The summed E-state index contributed by atoms with van der Waals surface area (Å²) >= 11 is 0. The summed E-state index contributed by atoms with van der Waals surface area (Å²) in [6.07, 6.45) is 0. The molecule has 0 aliphatic heterocycles. The lowest BCUT2D eigenvalue weighted by molar-refractivity contribution is 0.127. The summed E-state index contributed by atoms with van der Waals surface area (Å²) in [7, 11) is 1.80. The van der Waals surface area contributed by atoms with E-state index in [9.17, 15) is 4.79 Å². The van der Waals surface area contributed by atoms with Crippen LogP contribution in [-0.2, 0) is 11.8 Å². The highest BCUT2D eigenvalue weighted by molar-refractivity contribution is 5.91. The van der Waals surface area contributed by atoms with Gasteiger partial charge in [0.15, 0.2) is 0 Å². The van der Waals surface area contributed by atoms with Crippen LogP contribution in [0.4, 0.5) is 5.69 Å². The topological polar surface area (TPSA) is 43.3 Å². The smallest absolute Gasteiger partial charge is 0.252 e. The van der Waals surface area contributed by atoms with Crippen molar-refractivity contribution in [3.05, 3.63) is 40.7 Å². The number of benzene rings is 1. The quantitative estimate of drug-likeness (QED) is 0.888.